The fourth-order valence-electron chi connectivity index (χ4n) is 4.09. The topological polar surface area (TPSA) is 20.2 Å². The van der Waals surface area contributed by atoms with Gasteiger partial charge in [-0.1, -0.05) is 170 Å². The normalized spacial score (nSPS) is 15.3. The van der Waals surface area contributed by atoms with Gasteiger partial charge in [0.15, 0.2) is 0 Å². The van der Waals surface area contributed by atoms with E-state index in [2.05, 4.69) is 38.0 Å². The summed E-state index contributed by atoms with van der Waals surface area (Å²) < 4.78 is 0. The van der Waals surface area contributed by atoms with Crippen LogP contribution in [0.2, 0.25) is 0 Å². The van der Waals surface area contributed by atoms with E-state index in [1.54, 1.807) is 6.07 Å². The van der Waals surface area contributed by atoms with Gasteiger partial charge in [-0.15, -0.1) is 0 Å². The van der Waals surface area contributed by atoms with Crippen molar-refractivity contribution in [2.75, 3.05) is 0 Å². The summed E-state index contributed by atoms with van der Waals surface area (Å²) in [6.07, 6.45) is 15.9. The van der Waals surface area contributed by atoms with Gasteiger partial charge < -0.3 is 5.11 Å². The molecule has 1 aromatic carbocycles. The molecule has 0 saturated heterocycles. The molecule has 0 spiro atoms. The zero-order valence-corrected chi connectivity index (χ0v) is 28.5. The van der Waals surface area contributed by atoms with Crippen LogP contribution in [0.5, 0.6) is 5.75 Å². The molecule has 2 rings (SSSR count). The molecule has 0 aromatic heterocycles. The van der Waals surface area contributed by atoms with Gasteiger partial charge in [0, 0.05) is 5.56 Å². The first-order chi connectivity index (χ1) is 19.1. The van der Waals surface area contributed by atoms with Crippen molar-refractivity contribution in [2.45, 2.75) is 109 Å². The van der Waals surface area contributed by atoms with Crippen LogP contribution in [0.4, 0.5) is 0 Å². The predicted molar refractivity (Wildman–Crippen MR) is 186 cm³/mol. The molecule has 1 heteroatoms. The second-order valence-electron chi connectivity index (χ2n) is 6.28. The van der Waals surface area contributed by atoms with Gasteiger partial charge in [0.25, 0.3) is 0 Å². The summed E-state index contributed by atoms with van der Waals surface area (Å²) in [5.41, 5.74) is 5.23. The van der Waals surface area contributed by atoms with Crippen LogP contribution in [-0.2, 0) is 5.41 Å². The Hall–Kier alpha value is -3.06. The number of phenolic OH excluding ortho intramolecular Hbond substituents is 1. The zero-order valence-electron chi connectivity index (χ0n) is 28.5. The van der Waals surface area contributed by atoms with E-state index in [0.717, 1.165) is 33.4 Å². The molecule has 39 heavy (non-hydrogen) atoms. The maximum Gasteiger partial charge on any atom is 0.120 e. The highest BCUT2D eigenvalue weighted by Gasteiger charge is 2.47. The summed E-state index contributed by atoms with van der Waals surface area (Å²) in [6, 6.07) is 7.49. The second-order valence-corrected chi connectivity index (χ2v) is 6.28. The fourth-order valence-corrected chi connectivity index (χ4v) is 4.09. The zero-order chi connectivity index (χ0) is 32.0. The number of allylic oxidation sites excluding steroid dienone is 13. The highest BCUT2D eigenvalue weighted by atomic mass is 16.3. The highest BCUT2D eigenvalue weighted by Crippen LogP contribution is 2.57. The van der Waals surface area contributed by atoms with Gasteiger partial charge in [-0.25, -0.2) is 0 Å². The first kappa shape index (κ1) is 45.8. The lowest BCUT2D eigenvalue weighted by atomic mass is 9.64. The minimum absolute atomic E-state index is 0.247. The van der Waals surface area contributed by atoms with E-state index >= 15 is 0 Å². The first-order valence-electron chi connectivity index (χ1n) is 15.2. The number of aromatic hydroxyl groups is 1. The van der Waals surface area contributed by atoms with Crippen molar-refractivity contribution in [3.8, 4) is 5.75 Å². The summed E-state index contributed by atoms with van der Waals surface area (Å²) in [5, 5.41) is 10.9. The summed E-state index contributed by atoms with van der Waals surface area (Å²) in [5.74, 6) is 0.247. The van der Waals surface area contributed by atoms with E-state index in [4.69, 9.17) is 0 Å². The van der Waals surface area contributed by atoms with Crippen molar-refractivity contribution in [3.63, 3.8) is 0 Å². The Morgan fingerprint density at radius 2 is 1.08 bits per heavy atom. The lowest BCUT2D eigenvalue weighted by molar-refractivity contribution is 0.460. The van der Waals surface area contributed by atoms with Gasteiger partial charge >= 0.3 is 0 Å². The molecule has 0 bridgehead atoms. The molecule has 0 fully saturated rings. The molecule has 0 amide bonds. The van der Waals surface area contributed by atoms with Crippen molar-refractivity contribution >= 4 is 0 Å². The maximum atomic E-state index is 10.9. The van der Waals surface area contributed by atoms with Crippen LogP contribution in [0.25, 0.3) is 0 Å². The van der Waals surface area contributed by atoms with E-state index in [1.165, 1.54) is 0 Å². The van der Waals surface area contributed by atoms with Crippen molar-refractivity contribution in [2.24, 2.45) is 0 Å². The van der Waals surface area contributed by atoms with Crippen LogP contribution in [0.15, 0.2) is 120 Å². The van der Waals surface area contributed by atoms with Crippen LogP contribution in [-0.4, -0.2) is 5.11 Å². The van der Waals surface area contributed by atoms with Crippen molar-refractivity contribution in [1.82, 2.24) is 0 Å². The second kappa shape index (κ2) is 31.2. The Bertz CT molecular complexity index is 916. The quantitative estimate of drug-likeness (QED) is 0.343. The molecule has 222 valence electrons. The van der Waals surface area contributed by atoms with Gasteiger partial charge in [0.05, 0.1) is 5.41 Å². The summed E-state index contributed by atoms with van der Waals surface area (Å²) in [7, 11) is 0. The minimum Gasteiger partial charge on any atom is -0.508 e. The van der Waals surface area contributed by atoms with Crippen LogP contribution >= 0.6 is 0 Å². The molecular formula is C38H64O. The molecule has 1 nitrogen and oxygen atoms in total. The monoisotopic (exact) mass is 536 g/mol. The number of para-hydroxylation sites is 1. The van der Waals surface area contributed by atoms with Gasteiger partial charge in [-0.2, -0.15) is 0 Å². The molecular weight excluding hydrogens is 472 g/mol. The molecule has 1 aliphatic carbocycles. The Labute approximate surface area is 245 Å². The Morgan fingerprint density at radius 3 is 1.41 bits per heavy atom. The largest absolute Gasteiger partial charge is 0.508 e. The number of phenols is 1. The van der Waals surface area contributed by atoms with Crippen LogP contribution in [0.3, 0.4) is 0 Å². The standard InChI is InChI=1S/C26H28O.6C2H6/c1-7-15-19(9-3)26(24-17-13-14-18-25(24)27)22(12-6)20(10-4)21(11-5)23(26)16-8-2;6*1-2/h7-18,27H,4-6H2,1-3H3;6*1-2H3/b15-7-,16-8-,19-9+;;;;;;. The van der Waals surface area contributed by atoms with Crippen molar-refractivity contribution in [3.05, 3.63) is 126 Å². The Balaban J connectivity index is -0.000000283. The van der Waals surface area contributed by atoms with E-state index in [1.807, 2.05) is 152 Å². The van der Waals surface area contributed by atoms with E-state index in [0.29, 0.717) is 0 Å². The van der Waals surface area contributed by atoms with Crippen molar-refractivity contribution < 1.29 is 5.11 Å². The highest BCUT2D eigenvalue weighted by molar-refractivity contribution is 5.78. The van der Waals surface area contributed by atoms with Gasteiger partial charge in [-0.05, 0) is 54.7 Å². The molecule has 0 heterocycles. The van der Waals surface area contributed by atoms with E-state index in [9.17, 15) is 5.11 Å². The number of hydrogen-bond acceptors (Lipinski definition) is 1. The maximum absolute atomic E-state index is 10.9. The molecule has 1 aliphatic rings. The lowest BCUT2D eigenvalue weighted by Crippen LogP contribution is -2.30. The molecule has 0 saturated carbocycles. The van der Waals surface area contributed by atoms with Gasteiger partial charge in [0.2, 0.25) is 0 Å². The fraction of sp³-hybridized carbons (Fsp3) is 0.421. The average molecular weight is 537 g/mol. The number of hydrogen-bond donors (Lipinski definition) is 1. The third-order valence-corrected chi connectivity index (χ3v) is 5.02. The molecule has 1 N–H and O–H groups in total. The number of benzene rings is 1. The Kier molecular flexibility index (Phi) is 36.6. The predicted octanol–water partition coefficient (Wildman–Crippen LogP) is 13.1. The lowest BCUT2D eigenvalue weighted by Gasteiger charge is -2.37. The average Bonchev–Trinajstić information content (AvgIpc) is 3.31. The van der Waals surface area contributed by atoms with E-state index < -0.39 is 5.41 Å². The molecule has 0 radical (unpaired) electrons. The minimum atomic E-state index is -0.687. The SMILES string of the molecule is C=CC1=C(C=C)C(C(/C=C\C)=C/C)(c2ccccc2O)C(/C=C\C)=C1C=C.CC.CC.CC.CC.CC.CC. The van der Waals surface area contributed by atoms with Gasteiger partial charge in [0.1, 0.15) is 5.75 Å². The van der Waals surface area contributed by atoms with Crippen molar-refractivity contribution in [1.29, 1.82) is 0 Å². The molecule has 1 aromatic rings. The summed E-state index contributed by atoms with van der Waals surface area (Å²) >= 11 is 0. The van der Waals surface area contributed by atoms with Crippen LogP contribution < -0.4 is 0 Å². The Morgan fingerprint density at radius 1 is 0.641 bits per heavy atom. The van der Waals surface area contributed by atoms with E-state index in [-0.39, 0.29) is 5.75 Å². The van der Waals surface area contributed by atoms with Crippen LogP contribution in [0.1, 0.15) is 109 Å². The molecule has 1 unspecified atom stereocenters. The summed E-state index contributed by atoms with van der Waals surface area (Å²) in [4.78, 5) is 0. The molecule has 0 aliphatic heterocycles. The summed E-state index contributed by atoms with van der Waals surface area (Å²) in [6.45, 7) is 42.2. The third-order valence-electron chi connectivity index (χ3n) is 5.02. The first-order valence-corrected chi connectivity index (χ1v) is 15.2. The number of rotatable bonds is 7. The third kappa shape index (κ3) is 11.3. The van der Waals surface area contributed by atoms with Gasteiger partial charge in [-0.3, -0.25) is 0 Å². The van der Waals surface area contributed by atoms with Crippen LogP contribution in [0, 0.1) is 0 Å². The smallest absolute Gasteiger partial charge is 0.120 e. The molecule has 1 atom stereocenters.